The van der Waals surface area contributed by atoms with Crippen LogP contribution in [0.2, 0.25) is 0 Å². The van der Waals surface area contributed by atoms with Gasteiger partial charge in [0.25, 0.3) is 0 Å². The minimum absolute atomic E-state index is 0.0567. The maximum atomic E-state index is 11.5. The first-order valence-electron chi connectivity index (χ1n) is 5.14. The number of likely N-dealkylation sites (tertiary alicyclic amines) is 1. The summed E-state index contributed by atoms with van der Waals surface area (Å²) < 4.78 is 0. The van der Waals surface area contributed by atoms with Crippen molar-refractivity contribution < 1.29 is 9.90 Å². The Morgan fingerprint density at radius 2 is 2.31 bits per heavy atom. The Balaban J connectivity index is 2.61. The zero-order chi connectivity index (χ0) is 9.84. The second kappa shape index (κ2) is 4.61. The molecule has 0 aliphatic carbocycles. The molecule has 0 radical (unpaired) electrons. The van der Waals surface area contributed by atoms with Crippen molar-refractivity contribution in [3.8, 4) is 0 Å². The molecule has 0 saturated carbocycles. The summed E-state index contributed by atoms with van der Waals surface area (Å²) in [7, 11) is 0. The number of aliphatic hydroxyl groups excluding tert-OH is 1. The van der Waals surface area contributed by atoms with Gasteiger partial charge in [0, 0.05) is 13.0 Å². The van der Waals surface area contributed by atoms with Crippen molar-refractivity contribution in [2.24, 2.45) is 0 Å². The van der Waals surface area contributed by atoms with Gasteiger partial charge in [-0.05, 0) is 26.2 Å². The van der Waals surface area contributed by atoms with E-state index >= 15 is 0 Å². The molecule has 0 spiro atoms. The van der Waals surface area contributed by atoms with Crippen LogP contribution in [-0.2, 0) is 4.79 Å². The molecule has 1 aliphatic rings. The van der Waals surface area contributed by atoms with Crippen LogP contribution in [0, 0.1) is 0 Å². The van der Waals surface area contributed by atoms with E-state index in [1.54, 1.807) is 6.92 Å². The summed E-state index contributed by atoms with van der Waals surface area (Å²) in [5.41, 5.74) is 0. The van der Waals surface area contributed by atoms with Gasteiger partial charge in [0.2, 0.25) is 5.91 Å². The molecule has 1 amide bonds. The molecule has 13 heavy (non-hydrogen) atoms. The lowest BCUT2D eigenvalue weighted by molar-refractivity contribution is -0.137. The minimum atomic E-state index is -0.393. The Labute approximate surface area is 79.7 Å². The van der Waals surface area contributed by atoms with Gasteiger partial charge in [0.1, 0.15) is 0 Å². The fraction of sp³-hybridized carbons (Fsp3) is 0.900. The molecular formula is C10H19NO2. The molecule has 0 bridgehead atoms. The molecule has 1 aliphatic heterocycles. The van der Waals surface area contributed by atoms with E-state index in [2.05, 4.69) is 0 Å². The highest BCUT2D eigenvalue weighted by Crippen LogP contribution is 2.20. The highest BCUT2D eigenvalue weighted by Gasteiger charge is 2.28. The van der Waals surface area contributed by atoms with Gasteiger partial charge in [0.15, 0.2) is 0 Å². The summed E-state index contributed by atoms with van der Waals surface area (Å²) in [4.78, 5) is 13.3. The predicted molar refractivity (Wildman–Crippen MR) is 51.3 cm³/mol. The van der Waals surface area contributed by atoms with Gasteiger partial charge in [-0.1, -0.05) is 6.92 Å². The molecule has 1 N–H and O–H groups in total. The topological polar surface area (TPSA) is 40.5 Å². The SMILES string of the molecule is CCC(=O)N1CCCCC1C(C)O. The van der Waals surface area contributed by atoms with Crippen molar-refractivity contribution in [1.82, 2.24) is 4.90 Å². The van der Waals surface area contributed by atoms with Crippen LogP contribution in [0.5, 0.6) is 0 Å². The third-order valence-electron chi connectivity index (χ3n) is 2.73. The lowest BCUT2D eigenvalue weighted by Crippen LogP contribution is -2.48. The van der Waals surface area contributed by atoms with E-state index in [1.807, 2.05) is 11.8 Å². The summed E-state index contributed by atoms with van der Waals surface area (Å²) in [6.45, 7) is 4.46. The molecule has 1 saturated heterocycles. The number of carbonyl (C=O) groups is 1. The molecule has 0 aromatic rings. The van der Waals surface area contributed by atoms with Crippen LogP contribution in [0.25, 0.3) is 0 Å². The number of carbonyl (C=O) groups excluding carboxylic acids is 1. The van der Waals surface area contributed by atoms with Gasteiger partial charge in [-0.2, -0.15) is 0 Å². The highest BCUT2D eigenvalue weighted by atomic mass is 16.3. The van der Waals surface area contributed by atoms with E-state index in [9.17, 15) is 9.90 Å². The lowest BCUT2D eigenvalue weighted by atomic mass is 9.98. The first-order chi connectivity index (χ1) is 6.16. The van der Waals surface area contributed by atoms with Gasteiger partial charge >= 0.3 is 0 Å². The molecule has 2 unspecified atom stereocenters. The first kappa shape index (κ1) is 10.5. The van der Waals surface area contributed by atoms with Crippen molar-refractivity contribution in [1.29, 1.82) is 0 Å². The Kier molecular flexibility index (Phi) is 3.72. The molecule has 1 fully saturated rings. The summed E-state index contributed by atoms with van der Waals surface area (Å²) in [6.07, 6.45) is 3.31. The number of rotatable bonds is 2. The molecule has 0 aromatic heterocycles. The molecule has 76 valence electrons. The number of hydrogen-bond donors (Lipinski definition) is 1. The van der Waals surface area contributed by atoms with Crippen molar-refractivity contribution in [2.75, 3.05) is 6.54 Å². The zero-order valence-corrected chi connectivity index (χ0v) is 8.49. The second-order valence-corrected chi connectivity index (χ2v) is 3.74. The van der Waals surface area contributed by atoms with Gasteiger partial charge in [-0.3, -0.25) is 4.79 Å². The van der Waals surface area contributed by atoms with E-state index in [0.29, 0.717) is 6.42 Å². The van der Waals surface area contributed by atoms with Crippen LogP contribution in [-0.4, -0.2) is 34.6 Å². The van der Waals surface area contributed by atoms with Gasteiger partial charge in [0.05, 0.1) is 12.1 Å². The molecule has 2 atom stereocenters. The maximum absolute atomic E-state index is 11.5. The quantitative estimate of drug-likeness (QED) is 0.701. The van der Waals surface area contributed by atoms with Crippen LogP contribution in [0.1, 0.15) is 39.5 Å². The van der Waals surface area contributed by atoms with E-state index < -0.39 is 6.10 Å². The average Bonchev–Trinajstić information content (AvgIpc) is 2.16. The molecule has 3 heteroatoms. The van der Waals surface area contributed by atoms with Crippen LogP contribution < -0.4 is 0 Å². The number of aliphatic hydroxyl groups is 1. The standard InChI is InChI=1S/C10H19NO2/c1-3-10(13)11-7-5-4-6-9(11)8(2)12/h8-9,12H,3-7H2,1-2H3. The van der Waals surface area contributed by atoms with Crippen LogP contribution in [0.4, 0.5) is 0 Å². The first-order valence-corrected chi connectivity index (χ1v) is 5.14. The Morgan fingerprint density at radius 1 is 1.62 bits per heavy atom. The van der Waals surface area contributed by atoms with Crippen LogP contribution in [0.15, 0.2) is 0 Å². The fourth-order valence-electron chi connectivity index (χ4n) is 1.97. The molecule has 1 heterocycles. The van der Waals surface area contributed by atoms with Crippen LogP contribution >= 0.6 is 0 Å². The van der Waals surface area contributed by atoms with Gasteiger partial charge in [-0.15, -0.1) is 0 Å². The number of hydrogen-bond acceptors (Lipinski definition) is 2. The van der Waals surface area contributed by atoms with E-state index in [1.165, 1.54) is 0 Å². The smallest absolute Gasteiger partial charge is 0.222 e. The monoisotopic (exact) mass is 185 g/mol. The average molecular weight is 185 g/mol. The highest BCUT2D eigenvalue weighted by molar-refractivity contribution is 5.76. The molecular weight excluding hydrogens is 166 g/mol. The summed E-state index contributed by atoms with van der Waals surface area (Å²) in [5, 5.41) is 9.50. The lowest BCUT2D eigenvalue weighted by Gasteiger charge is -2.37. The number of piperidine rings is 1. The third kappa shape index (κ3) is 2.44. The van der Waals surface area contributed by atoms with Gasteiger partial charge < -0.3 is 10.0 Å². The Morgan fingerprint density at radius 3 is 2.85 bits per heavy atom. The largest absolute Gasteiger partial charge is 0.391 e. The molecule has 3 nitrogen and oxygen atoms in total. The van der Waals surface area contributed by atoms with E-state index in [4.69, 9.17) is 0 Å². The van der Waals surface area contributed by atoms with E-state index in [0.717, 1.165) is 25.8 Å². The maximum Gasteiger partial charge on any atom is 0.222 e. The van der Waals surface area contributed by atoms with Crippen molar-refractivity contribution in [3.05, 3.63) is 0 Å². The normalized spacial score (nSPS) is 25.8. The van der Waals surface area contributed by atoms with Crippen molar-refractivity contribution in [3.63, 3.8) is 0 Å². The second-order valence-electron chi connectivity index (χ2n) is 3.74. The van der Waals surface area contributed by atoms with Gasteiger partial charge in [-0.25, -0.2) is 0 Å². The number of amides is 1. The Bertz CT molecular complexity index is 180. The van der Waals surface area contributed by atoms with Crippen molar-refractivity contribution >= 4 is 5.91 Å². The minimum Gasteiger partial charge on any atom is -0.391 e. The summed E-state index contributed by atoms with van der Waals surface area (Å²) in [5.74, 6) is 0.172. The molecule has 0 aromatic carbocycles. The Hall–Kier alpha value is -0.570. The third-order valence-corrected chi connectivity index (χ3v) is 2.73. The predicted octanol–water partition coefficient (Wildman–Crippen LogP) is 1.16. The fourth-order valence-corrected chi connectivity index (χ4v) is 1.97. The summed E-state index contributed by atoms with van der Waals surface area (Å²) >= 11 is 0. The number of nitrogens with zero attached hydrogens (tertiary/aromatic N) is 1. The zero-order valence-electron chi connectivity index (χ0n) is 8.49. The molecule has 1 rings (SSSR count). The summed E-state index contributed by atoms with van der Waals surface area (Å²) in [6, 6.07) is 0.0567. The van der Waals surface area contributed by atoms with Crippen LogP contribution in [0.3, 0.4) is 0 Å². The van der Waals surface area contributed by atoms with E-state index in [-0.39, 0.29) is 11.9 Å². The van der Waals surface area contributed by atoms with Crippen molar-refractivity contribution in [2.45, 2.75) is 51.7 Å².